The fourth-order valence-electron chi connectivity index (χ4n) is 2.58. The maximum atomic E-state index is 12.4. The van der Waals surface area contributed by atoms with Crippen molar-refractivity contribution in [2.45, 2.75) is 19.9 Å². The monoisotopic (exact) mass is 335 g/mol. The molecule has 0 saturated carbocycles. The fourth-order valence-corrected chi connectivity index (χ4v) is 3.29. The number of amides is 1. The van der Waals surface area contributed by atoms with Gasteiger partial charge in [-0.3, -0.25) is 9.69 Å². The second-order valence-electron chi connectivity index (χ2n) is 5.54. The number of hydrogen-bond acceptors (Lipinski definition) is 6. The standard InChI is InChI=1S/C16H21N3O3S/c1-12-14(11-19-6-8-21-9-7-19)15(18-22-12)16(20)17-5-4-13-3-2-10-23-13/h2-3,10H,4-9,11H2,1H3,(H,17,20). The van der Waals surface area contributed by atoms with E-state index in [1.807, 2.05) is 18.4 Å². The van der Waals surface area contributed by atoms with Gasteiger partial charge in [0.05, 0.1) is 13.2 Å². The first-order valence-electron chi connectivity index (χ1n) is 7.80. The minimum absolute atomic E-state index is 0.165. The fraction of sp³-hybridized carbons (Fsp3) is 0.500. The van der Waals surface area contributed by atoms with E-state index in [4.69, 9.17) is 9.26 Å². The smallest absolute Gasteiger partial charge is 0.273 e. The molecule has 3 rings (SSSR count). The highest BCUT2D eigenvalue weighted by Gasteiger charge is 2.22. The third kappa shape index (κ3) is 4.19. The molecule has 6 nitrogen and oxygen atoms in total. The maximum absolute atomic E-state index is 12.4. The van der Waals surface area contributed by atoms with E-state index in [1.54, 1.807) is 11.3 Å². The minimum atomic E-state index is -0.165. The quantitative estimate of drug-likeness (QED) is 0.872. The van der Waals surface area contributed by atoms with Gasteiger partial charge in [-0.25, -0.2) is 0 Å². The van der Waals surface area contributed by atoms with Gasteiger partial charge in [0.25, 0.3) is 5.91 Å². The minimum Gasteiger partial charge on any atom is -0.379 e. The molecule has 23 heavy (non-hydrogen) atoms. The molecule has 1 amide bonds. The van der Waals surface area contributed by atoms with Crippen molar-refractivity contribution in [3.8, 4) is 0 Å². The van der Waals surface area contributed by atoms with E-state index < -0.39 is 0 Å². The number of rotatable bonds is 6. The lowest BCUT2D eigenvalue weighted by atomic mass is 10.1. The molecule has 1 fully saturated rings. The van der Waals surface area contributed by atoms with E-state index in [0.717, 1.165) is 38.3 Å². The molecule has 1 aliphatic heterocycles. The van der Waals surface area contributed by atoms with E-state index in [-0.39, 0.29) is 5.91 Å². The number of hydrogen-bond donors (Lipinski definition) is 1. The number of thiophene rings is 1. The van der Waals surface area contributed by atoms with Crippen LogP contribution in [0.25, 0.3) is 0 Å². The van der Waals surface area contributed by atoms with Crippen LogP contribution in [0.3, 0.4) is 0 Å². The van der Waals surface area contributed by atoms with Crippen molar-refractivity contribution in [3.05, 3.63) is 39.4 Å². The van der Waals surface area contributed by atoms with E-state index in [9.17, 15) is 4.79 Å². The zero-order valence-electron chi connectivity index (χ0n) is 13.2. The van der Waals surface area contributed by atoms with Crippen LogP contribution in [0.15, 0.2) is 22.0 Å². The molecule has 1 saturated heterocycles. The Morgan fingerprint density at radius 2 is 2.26 bits per heavy atom. The van der Waals surface area contributed by atoms with E-state index in [2.05, 4.69) is 21.4 Å². The summed E-state index contributed by atoms with van der Waals surface area (Å²) in [4.78, 5) is 15.9. The largest absolute Gasteiger partial charge is 0.379 e. The van der Waals surface area contributed by atoms with Crippen LogP contribution < -0.4 is 5.32 Å². The molecular weight excluding hydrogens is 314 g/mol. The van der Waals surface area contributed by atoms with Crippen LogP contribution in [0.5, 0.6) is 0 Å². The van der Waals surface area contributed by atoms with Gasteiger partial charge >= 0.3 is 0 Å². The Morgan fingerprint density at radius 3 is 3.00 bits per heavy atom. The molecule has 2 aromatic rings. The summed E-state index contributed by atoms with van der Waals surface area (Å²) in [6, 6.07) is 4.09. The number of ether oxygens (including phenoxy) is 1. The highest BCUT2D eigenvalue weighted by Crippen LogP contribution is 2.17. The number of nitrogens with zero attached hydrogens (tertiary/aromatic N) is 2. The number of aryl methyl sites for hydroxylation is 1. The summed E-state index contributed by atoms with van der Waals surface area (Å²) in [5.74, 6) is 0.543. The zero-order chi connectivity index (χ0) is 16.1. The lowest BCUT2D eigenvalue weighted by molar-refractivity contribution is 0.0339. The number of nitrogens with one attached hydrogen (secondary N) is 1. The van der Waals surface area contributed by atoms with Crippen molar-refractivity contribution in [3.63, 3.8) is 0 Å². The van der Waals surface area contributed by atoms with E-state index >= 15 is 0 Å². The van der Waals surface area contributed by atoms with Crippen LogP contribution in [0.4, 0.5) is 0 Å². The highest BCUT2D eigenvalue weighted by molar-refractivity contribution is 7.09. The molecule has 0 radical (unpaired) electrons. The molecule has 0 atom stereocenters. The van der Waals surface area contributed by atoms with Crippen molar-refractivity contribution in [1.82, 2.24) is 15.4 Å². The SMILES string of the molecule is Cc1onc(C(=O)NCCc2cccs2)c1CN1CCOCC1. The van der Waals surface area contributed by atoms with Crippen LogP contribution in [0.2, 0.25) is 0 Å². The summed E-state index contributed by atoms with van der Waals surface area (Å²) >= 11 is 1.70. The van der Waals surface area contributed by atoms with Crippen molar-refractivity contribution in [1.29, 1.82) is 0 Å². The van der Waals surface area contributed by atoms with Crippen LogP contribution in [0.1, 0.15) is 26.7 Å². The summed E-state index contributed by atoms with van der Waals surface area (Å²) in [6.45, 7) is 6.31. The Balaban J connectivity index is 1.58. The Bertz CT molecular complexity index is 633. The van der Waals surface area contributed by atoms with E-state index in [0.29, 0.717) is 24.5 Å². The molecule has 0 spiro atoms. The van der Waals surface area contributed by atoms with Gasteiger partial charge in [-0.05, 0) is 24.8 Å². The first kappa shape index (κ1) is 16.2. The van der Waals surface area contributed by atoms with Gasteiger partial charge in [-0.15, -0.1) is 11.3 Å². The van der Waals surface area contributed by atoms with Gasteiger partial charge < -0.3 is 14.6 Å². The van der Waals surface area contributed by atoms with Crippen molar-refractivity contribution in [2.75, 3.05) is 32.8 Å². The molecule has 3 heterocycles. The number of carbonyl (C=O) groups excluding carboxylic acids is 1. The average Bonchev–Trinajstić information content (AvgIpc) is 3.19. The predicted octanol–water partition coefficient (Wildman–Crippen LogP) is 1.85. The van der Waals surface area contributed by atoms with Crippen molar-refractivity contribution < 1.29 is 14.1 Å². The van der Waals surface area contributed by atoms with Crippen molar-refractivity contribution in [2.24, 2.45) is 0 Å². The summed E-state index contributed by atoms with van der Waals surface area (Å²) in [7, 11) is 0. The molecule has 1 aliphatic rings. The summed E-state index contributed by atoms with van der Waals surface area (Å²) in [5, 5.41) is 8.92. The average molecular weight is 335 g/mol. The first-order chi connectivity index (χ1) is 11.2. The Morgan fingerprint density at radius 1 is 1.43 bits per heavy atom. The van der Waals surface area contributed by atoms with Gasteiger partial charge in [-0.1, -0.05) is 11.2 Å². The number of morpholine rings is 1. The molecular formula is C16H21N3O3S. The molecule has 0 bridgehead atoms. The molecule has 1 N–H and O–H groups in total. The Kier molecular flexibility index (Phi) is 5.43. The van der Waals surface area contributed by atoms with Gasteiger partial charge in [0.15, 0.2) is 5.69 Å². The van der Waals surface area contributed by atoms with Crippen molar-refractivity contribution >= 4 is 17.2 Å². The van der Waals surface area contributed by atoms with Gasteiger partial charge in [0.2, 0.25) is 0 Å². The number of carbonyl (C=O) groups is 1. The van der Waals surface area contributed by atoms with Crippen LogP contribution in [-0.2, 0) is 17.7 Å². The van der Waals surface area contributed by atoms with Crippen LogP contribution in [0, 0.1) is 6.92 Å². The molecule has 124 valence electrons. The first-order valence-corrected chi connectivity index (χ1v) is 8.68. The molecule has 7 heteroatoms. The highest BCUT2D eigenvalue weighted by atomic mass is 32.1. The van der Waals surface area contributed by atoms with Gasteiger partial charge in [-0.2, -0.15) is 0 Å². The van der Waals surface area contributed by atoms with Crippen LogP contribution in [-0.4, -0.2) is 48.8 Å². The predicted molar refractivity (Wildman–Crippen MR) is 87.7 cm³/mol. The Labute approximate surface area is 139 Å². The topological polar surface area (TPSA) is 67.6 Å². The van der Waals surface area contributed by atoms with Crippen LogP contribution >= 0.6 is 11.3 Å². The van der Waals surface area contributed by atoms with Gasteiger partial charge in [0.1, 0.15) is 5.76 Å². The molecule has 0 unspecified atom stereocenters. The molecule has 0 aromatic carbocycles. The lowest BCUT2D eigenvalue weighted by Gasteiger charge is -2.26. The lowest BCUT2D eigenvalue weighted by Crippen LogP contribution is -2.36. The third-order valence-electron chi connectivity index (χ3n) is 3.92. The third-order valence-corrected chi connectivity index (χ3v) is 4.86. The Hall–Kier alpha value is -1.70. The summed E-state index contributed by atoms with van der Waals surface area (Å²) in [5.41, 5.74) is 1.28. The second-order valence-corrected chi connectivity index (χ2v) is 6.57. The number of aromatic nitrogens is 1. The summed E-state index contributed by atoms with van der Waals surface area (Å²) in [6.07, 6.45) is 0.832. The second kappa shape index (κ2) is 7.72. The van der Waals surface area contributed by atoms with Gasteiger partial charge in [0, 0.05) is 36.6 Å². The zero-order valence-corrected chi connectivity index (χ0v) is 14.0. The molecule has 0 aliphatic carbocycles. The maximum Gasteiger partial charge on any atom is 0.273 e. The molecule has 2 aromatic heterocycles. The summed E-state index contributed by atoms with van der Waals surface area (Å²) < 4.78 is 10.6. The normalized spacial score (nSPS) is 15.7. The van der Waals surface area contributed by atoms with E-state index in [1.165, 1.54) is 4.88 Å².